The third-order valence-corrected chi connectivity index (χ3v) is 3.18. The minimum absolute atomic E-state index is 0.361. The molecule has 0 spiro atoms. The predicted octanol–water partition coefficient (Wildman–Crippen LogP) is 1.65. The molecular formula is C7H14OS. The van der Waals surface area contributed by atoms with E-state index in [1.807, 2.05) is 11.8 Å². The predicted molar refractivity (Wildman–Crippen MR) is 41.8 cm³/mol. The number of rotatable bonds is 4. The average molecular weight is 146 g/mol. The Bertz CT molecular complexity index is 71.3. The lowest BCUT2D eigenvalue weighted by atomic mass is 10.0. The van der Waals surface area contributed by atoms with E-state index in [0.717, 1.165) is 17.4 Å². The Balaban J connectivity index is 1.80. The molecule has 1 saturated carbocycles. The fraction of sp³-hybridized carbons (Fsp3) is 1.00. The molecule has 9 heavy (non-hydrogen) atoms. The van der Waals surface area contributed by atoms with Gasteiger partial charge in [0.2, 0.25) is 0 Å². The lowest BCUT2D eigenvalue weighted by molar-refractivity contribution is 0.296. The van der Waals surface area contributed by atoms with E-state index >= 15 is 0 Å². The molecule has 0 atom stereocenters. The fourth-order valence-electron chi connectivity index (χ4n) is 0.852. The van der Waals surface area contributed by atoms with Gasteiger partial charge in [0.1, 0.15) is 0 Å². The average Bonchev–Trinajstić information content (AvgIpc) is 1.76. The molecule has 0 bridgehead atoms. The van der Waals surface area contributed by atoms with E-state index in [4.69, 9.17) is 5.11 Å². The Hall–Kier alpha value is 0.310. The summed E-state index contributed by atoms with van der Waals surface area (Å²) in [6.45, 7) is 0.361. The molecule has 0 unspecified atom stereocenters. The molecule has 0 aromatic heterocycles. The van der Waals surface area contributed by atoms with Gasteiger partial charge in [0.25, 0.3) is 0 Å². The zero-order valence-electron chi connectivity index (χ0n) is 5.68. The van der Waals surface area contributed by atoms with E-state index < -0.39 is 0 Å². The van der Waals surface area contributed by atoms with Crippen LogP contribution >= 0.6 is 11.8 Å². The number of thioether (sulfide) groups is 1. The van der Waals surface area contributed by atoms with Crippen molar-refractivity contribution < 1.29 is 5.11 Å². The van der Waals surface area contributed by atoms with E-state index in [0.29, 0.717) is 6.61 Å². The van der Waals surface area contributed by atoms with Gasteiger partial charge in [0, 0.05) is 11.9 Å². The highest BCUT2D eigenvalue weighted by molar-refractivity contribution is 7.99. The van der Waals surface area contributed by atoms with E-state index in [1.54, 1.807) is 0 Å². The summed E-state index contributed by atoms with van der Waals surface area (Å²) in [5.41, 5.74) is 0. The molecule has 54 valence electrons. The monoisotopic (exact) mass is 146 g/mol. The third kappa shape index (κ3) is 2.59. The summed E-state index contributed by atoms with van der Waals surface area (Å²) < 4.78 is 0. The van der Waals surface area contributed by atoms with Crippen LogP contribution in [0.3, 0.4) is 0 Å². The van der Waals surface area contributed by atoms with Crippen molar-refractivity contribution in [3.63, 3.8) is 0 Å². The van der Waals surface area contributed by atoms with Gasteiger partial charge in [-0.05, 0) is 25.0 Å². The Kier molecular flexibility index (Phi) is 3.44. The molecule has 2 heteroatoms. The van der Waals surface area contributed by atoms with Crippen LogP contribution in [0, 0.1) is 0 Å². The van der Waals surface area contributed by atoms with Crippen LogP contribution in [0.2, 0.25) is 0 Å². The zero-order chi connectivity index (χ0) is 6.53. The molecule has 1 rings (SSSR count). The van der Waals surface area contributed by atoms with E-state index in [9.17, 15) is 0 Å². The quantitative estimate of drug-likeness (QED) is 0.609. The minimum atomic E-state index is 0.361. The highest BCUT2D eigenvalue weighted by Crippen LogP contribution is 2.31. The van der Waals surface area contributed by atoms with Crippen molar-refractivity contribution in [2.75, 3.05) is 12.4 Å². The van der Waals surface area contributed by atoms with Crippen molar-refractivity contribution in [2.45, 2.75) is 30.9 Å². The molecule has 1 aliphatic rings. The first-order chi connectivity index (χ1) is 4.43. The van der Waals surface area contributed by atoms with Crippen molar-refractivity contribution >= 4 is 11.8 Å². The maximum absolute atomic E-state index is 8.46. The zero-order valence-corrected chi connectivity index (χ0v) is 6.49. The molecule has 1 nitrogen and oxygen atoms in total. The van der Waals surface area contributed by atoms with Crippen molar-refractivity contribution in [3.8, 4) is 0 Å². The van der Waals surface area contributed by atoms with Gasteiger partial charge in [0.15, 0.2) is 0 Å². The first-order valence-corrected chi connectivity index (χ1v) is 4.71. The summed E-state index contributed by atoms with van der Waals surface area (Å²) in [6.07, 6.45) is 5.23. The summed E-state index contributed by atoms with van der Waals surface area (Å²) in [5, 5.41) is 9.40. The van der Waals surface area contributed by atoms with Crippen molar-refractivity contribution in [1.29, 1.82) is 0 Å². The highest BCUT2D eigenvalue weighted by atomic mass is 32.2. The second kappa shape index (κ2) is 4.18. The standard InChI is InChI=1S/C7H14OS/c8-5-2-6-9-7-3-1-4-7/h7-8H,1-6H2. The van der Waals surface area contributed by atoms with Crippen molar-refractivity contribution in [1.82, 2.24) is 0 Å². The van der Waals surface area contributed by atoms with Gasteiger partial charge >= 0.3 is 0 Å². The summed E-state index contributed by atoms with van der Waals surface area (Å²) in [4.78, 5) is 0. The maximum atomic E-state index is 8.46. The second-order valence-corrected chi connectivity index (χ2v) is 3.91. The fourth-order valence-corrected chi connectivity index (χ4v) is 2.15. The van der Waals surface area contributed by atoms with Crippen LogP contribution in [0.5, 0.6) is 0 Å². The van der Waals surface area contributed by atoms with E-state index in [2.05, 4.69) is 0 Å². The Labute approximate surface area is 60.8 Å². The summed E-state index contributed by atoms with van der Waals surface area (Å²) in [7, 11) is 0. The molecule has 0 radical (unpaired) electrons. The van der Waals surface area contributed by atoms with E-state index in [-0.39, 0.29) is 0 Å². The van der Waals surface area contributed by atoms with Crippen molar-refractivity contribution in [2.24, 2.45) is 0 Å². The molecule has 0 heterocycles. The molecule has 1 fully saturated rings. The maximum Gasteiger partial charge on any atom is 0.0438 e. The molecule has 0 saturated heterocycles. The molecule has 0 aromatic rings. The van der Waals surface area contributed by atoms with Gasteiger partial charge in [-0.15, -0.1) is 0 Å². The summed E-state index contributed by atoms with van der Waals surface area (Å²) in [6, 6.07) is 0. The van der Waals surface area contributed by atoms with Gasteiger partial charge in [-0.3, -0.25) is 0 Å². The Morgan fingerprint density at radius 3 is 2.67 bits per heavy atom. The largest absolute Gasteiger partial charge is 0.396 e. The summed E-state index contributed by atoms with van der Waals surface area (Å²) >= 11 is 2.03. The Morgan fingerprint density at radius 1 is 1.44 bits per heavy atom. The second-order valence-electron chi connectivity index (χ2n) is 2.50. The van der Waals surface area contributed by atoms with Crippen LogP contribution in [-0.4, -0.2) is 22.7 Å². The SMILES string of the molecule is OCCCSC1CCC1. The first-order valence-electron chi connectivity index (χ1n) is 3.66. The normalized spacial score (nSPS) is 19.7. The van der Waals surface area contributed by atoms with Gasteiger partial charge in [-0.2, -0.15) is 11.8 Å². The molecular weight excluding hydrogens is 132 g/mol. The van der Waals surface area contributed by atoms with Gasteiger partial charge < -0.3 is 5.11 Å². The smallest absolute Gasteiger partial charge is 0.0438 e. The number of hydrogen-bond acceptors (Lipinski definition) is 2. The van der Waals surface area contributed by atoms with Crippen LogP contribution in [0.1, 0.15) is 25.7 Å². The van der Waals surface area contributed by atoms with Gasteiger partial charge in [-0.25, -0.2) is 0 Å². The van der Waals surface area contributed by atoms with Crippen molar-refractivity contribution in [3.05, 3.63) is 0 Å². The first kappa shape index (κ1) is 7.42. The van der Waals surface area contributed by atoms with Crippen LogP contribution in [0.15, 0.2) is 0 Å². The topological polar surface area (TPSA) is 20.2 Å². The van der Waals surface area contributed by atoms with Crippen LogP contribution in [0.4, 0.5) is 0 Å². The van der Waals surface area contributed by atoms with Crippen LogP contribution in [0.25, 0.3) is 0 Å². The molecule has 1 N–H and O–H groups in total. The number of aliphatic hydroxyl groups is 1. The van der Waals surface area contributed by atoms with Crippen LogP contribution in [-0.2, 0) is 0 Å². The summed E-state index contributed by atoms with van der Waals surface area (Å²) in [5.74, 6) is 1.15. The minimum Gasteiger partial charge on any atom is -0.396 e. The molecule has 0 aliphatic heterocycles. The molecule has 1 aliphatic carbocycles. The van der Waals surface area contributed by atoms with E-state index in [1.165, 1.54) is 19.3 Å². The Morgan fingerprint density at radius 2 is 2.22 bits per heavy atom. The lowest BCUT2D eigenvalue weighted by Gasteiger charge is -2.24. The highest BCUT2D eigenvalue weighted by Gasteiger charge is 2.16. The van der Waals surface area contributed by atoms with Gasteiger partial charge in [-0.1, -0.05) is 6.42 Å². The van der Waals surface area contributed by atoms with Gasteiger partial charge in [0.05, 0.1) is 0 Å². The molecule has 0 amide bonds. The third-order valence-electron chi connectivity index (χ3n) is 1.71. The lowest BCUT2D eigenvalue weighted by Crippen LogP contribution is -2.13. The molecule has 0 aromatic carbocycles. The number of hydrogen-bond donors (Lipinski definition) is 1. The van der Waals surface area contributed by atoms with Crippen LogP contribution < -0.4 is 0 Å². The number of aliphatic hydroxyl groups excluding tert-OH is 1.